The molecular weight excluding hydrogens is 280 g/mol. The third-order valence-electron chi connectivity index (χ3n) is 4.11. The molecule has 0 N–H and O–H groups in total. The molecule has 0 spiro atoms. The lowest BCUT2D eigenvalue weighted by atomic mass is 10.0. The Morgan fingerprint density at radius 2 is 2.00 bits per heavy atom. The van der Waals surface area contributed by atoms with E-state index in [-0.39, 0.29) is 11.8 Å². The fourth-order valence-electron chi connectivity index (χ4n) is 2.87. The van der Waals surface area contributed by atoms with Gasteiger partial charge in [-0.25, -0.2) is 4.98 Å². The number of fused-ring (bicyclic) bond motifs is 1. The first-order valence-corrected chi connectivity index (χ1v) is 7.70. The highest BCUT2D eigenvalue weighted by Gasteiger charge is 2.24. The van der Waals surface area contributed by atoms with Crippen molar-refractivity contribution in [2.75, 3.05) is 26.3 Å². The van der Waals surface area contributed by atoms with Crippen molar-refractivity contribution in [1.29, 1.82) is 0 Å². The summed E-state index contributed by atoms with van der Waals surface area (Å²) in [5, 5.41) is 5.30. The van der Waals surface area contributed by atoms with Crippen molar-refractivity contribution in [2.24, 2.45) is 7.05 Å². The number of aryl methyl sites for hydroxylation is 2. The van der Waals surface area contributed by atoms with Crippen LogP contribution in [-0.2, 0) is 11.8 Å². The summed E-state index contributed by atoms with van der Waals surface area (Å²) in [5.74, 6) is 0.310. The van der Waals surface area contributed by atoms with Crippen molar-refractivity contribution in [1.82, 2.24) is 19.7 Å². The van der Waals surface area contributed by atoms with Gasteiger partial charge in [0, 0.05) is 25.8 Å². The smallest absolute Gasteiger partial charge is 0.254 e. The summed E-state index contributed by atoms with van der Waals surface area (Å²) in [6.45, 7) is 8.57. The van der Waals surface area contributed by atoms with Gasteiger partial charge in [-0.2, -0.15) is 5.10 Å². The van der Waals surface area contributed by atoms with Crippen LogP contribution in [0.2, 0.25) is 0 Å². The van der Waals surface area contributed by atoms with Gasteiger partial charge >= 0.3 is 0 Å². The fourth-order valence-corrected chi connectivity index (χ4v) is 2.87. The van der Waals surface area contributed by atoms with Crippen LogP contribution < -0.4 is 0 Å². The largest absolute Gasteiger partial charge is 0.378 e. The first kappa shape index (κ1) is 15.0. The van der Waals surface area contributed by atoms with Gasteiger partial charge in [0.1, 0.15) is 0 Å². The van der Waals surface area contributed by atoms with Crippen LogP contribution in [0.5, 0.6) is 0 Å². The number of aromatic nitrogens is 3. The van der Waals surface area contributed by atoms with E-state index in [1.54, 1.807) is 4.68 Å². The van der Waals surface area contributed by atoms with Gasteiger partial charge in [-0.1, -0.05) is 13.8 Å². The maximum absolute atomic E-state index is 13.0. The molecule has 1 aliphatic heterocycles. The predicted octanol–water partition coefficient (Wildman–Crippen LogP) is 1.87. The molecule has 0 unspecified atom stereocenters. The molecule has 1 aliphatic rings. The van der Waals surface area contributed by atoms with E-state index in [0.29, 0.717) is 31.9 Å². The first-order valence-electron chi connectivity index (χ1n) is 7.70. The van der Waals surface area contributed by atoms with Crippen LogP contribution in [0, 0.1) is 6.92 Å². The Morgan fingerprint density at radius 1 is 1.32 bits per heavy atom. The van der Waals surface area contributed by atoms with E-state index < -0.39 is 0 Å². The van der Waals surface area contributed by atoms with Crippen LogP contribution in [0.3, 0.4) is 0 Å². The van der Waals surface area contributed by atoms with Gasteiger partial charge in [0.2, 0.25) is 0 Å². The zero-order valence-electron chi connectivity index (χ0n) is 13.6. The highest BCUT2D eigenvalue weighted by molar-refractivity contribution is 6.06. The number of rotatable bonds is 2. The van der Waals surface area contributed by atoms with E-state index in [0.717, 1.165) is 22.4 Å². The number of ether oxygens (including phenoxy) is 1. The normalized spacial score (nSPS) is 15.8. The molecule has 22 heavy (non-hydrogen) atoms. The van der Waals surface area contributed by atoms with Gasteiger partial charge in [-0.3, -0.25) is 9.48 Å². The van der Waals surface area contributed by atoms with Gasteiger partial charge in [0.25, 0.3) is 5.91 Å². The van der Waals surface area contributed by atoms with E-state index in [4.69, 9.17) is 4.74 Å². The van der Waals surface area contributed by atoms with Crippen LogP contribution in [0.15, 0.2) is 6.07 Å². The molecule has 0 aromatic carbocycles. The average molecular weight is 302 g/mol. The van der Waals surface area contributed by atoms with Gasteiger partial charge in [0.15, 0.2) is 5.65 Å². The highest BCUT2D eigenvalue weighted by atomic mass is 16.5. The van der Waals surface area contributed by atoms with Crippen LogP contribution >= 0.6 is 0 Å². The minimum atomic E-state index is 0.0497. The van der Waals surface area contributed by atoms with Crippen molar-refractivity contribution in [3.8, 4) is 0 Å². The molecule has 1 amide bonds. The molecule has 1 saturated heterocycles. The molecule has 2 aromatic heterocycles. The number of hydrogen-bond donors (Lipinski definition) is 0. The number of carbonyl (C=O) groups excluding carboxylic acids is 1. The van der Waals surface area contributed by atoms with Crippen molar-refractivity contribution in [2.45, 2.75) is 26.7 Å². The summed E-state index contributed by atoms with van der Waals surface area (Å²) in [5.41, 5.74) is 3.26. The lowest BCUT2D eigenvalue weighted by Gasteiger charge is -2.27. The Bertz CT molecular complexity index is 714. The topological polar surface area (TPSA) is 60.2 Å². The van der Waals surface area contributed by atoms with Gasteiger partial charge < -0.3 is 9.64 Å². The van der Waals surface area contributed by atoms with Crippen molar-refractivity contribution >= 4 is 16.9 Å². The quantitative estimate of drug-likeness (QED) is 0.850. The standard InChI is InChI=1S/C16H22N4O2/c1-10(2)13-9-12(16(21)20-5-7-22-8-6-20)14-11(3)18-19(4)15(14)17-13/h9-10H,5-8H2,1-4H3. The Balaban J connectivity index is 2.15. The number of amides is 1. The third-order valence-corrected chi connectivity index (χ3v) is 4.11. The summed E-state index contributed by atoms with van der Waals surface area (Å²) < 4.78 is 7.10. The second-order valence-electron chi connectivity index (χ2n) is 6.06. The van der Waals surface area contributed by atoms with Crippen molar-refractivity contribution in [3.63, 3.8) is 0 Å². The summed E-state index contributed by atoms with van der Waals surface area (Å²) in [6.07, 6.45) is 0. The minimum Gasteiger partial charge on any atom is -0.378 e. The highest BCUT2D eigenvalue weighted by Crippen LogP contribution is 2.26. The number of nitrogens with zero attached hydrogens (tertiary/aromatic N) is 4. The molecule has 0 saturated carbocycles. The Hall–Kier alpha value is -1.95. The molecule has 0 radical (unpaired) electrons. The number of morpholine rings is 1. The van der Waals surface area contributed by atoms with Crippen LogP contribution in [0.1, 0.15) is 41.5 Å². The molecule has 0 aliphatic carbocycles. The SMILES string of the molecule is Cc1nn(C)c2nc(C(C)C)cc(C(=O)N3CCOCC3)c12. The summed E-state index contributed by atoms with van der Waals surface area (Å²) >= 11 is 0. The molecule has 6 nitrogen and oxygen atoms in total. The van der Waals surface area contributed by atoms with E-state index in [1.165, 1.54) is 0 Å². The van der Waals surface area contributed by atoms with Gasteiger partial charge in [-0.15, -0.1) is 0 Å². The zero-order valence-corrected chi connectivity index (χ0v) is 13.6. The molecule has 1 fully saturated rings. The van der Waals surface area contributed by atoms with Gasteiger partial charge in [0.05, 0.1) is 29.9 Å². The predicted molar refractivity (Wildman–Crippen MR) is 84.1 cm³/mol. The molecule has 0 atom stereocenters. The van der Waals surface area contributed by atoms with E-state index in [1.807, 2.05) is 24.9 Å². The molecular formula is C16H22N4O2. The first-order chi connectivity index (χ1) is 10.5. The molecule has 3 rings (SSSR count). The van der Waals surface area contributed by atoms with E-state index in [2.05, 4.69) is 23.9 Å². The zero-order chi connectivity index (χ0) is 15.9. The fraction of sp³-hybridized carbons (Fsp3) is 0.562. The summed E-state index contributed by atoms with van der Waals surface area (Å²) in [4.78, 5) is 19.5. The molecule has 2 aromatic rings. The van der Waals surface area contributed by atoms with E-state index in [9.17, 15) is 4.79 Å². The second-order valence-corrected chi connectivity index (χ2v) is 6.06. The molecule has 3 heterocycles. The molecule has 6 heteroatoms. The second kappa shape index (κ2) is 5.68. The van der Waals surface area contributed by atoms with Gasteiger partial charge in [-0.05, 0) is 18.9 Å². The summed E-state index contributed by atoms with van der Waals surface area (Å²) in [7, 11) is 1.87. The maximum atomic E-state index is 13.0. The minimum absolute atomic E-state index is 0.0497. The Kier molecular flexibility index (Phi) is 3.87. The Morgan fingerprint density at radius 3 is 2.64 bits per heavy atom. The lowest BCUT2D eigenvalue weighted by molar-refractivity contribution is 0.0304. The number of pyridine rings is 1. The average Bonchev–Trinajstić information content (AvgIpc) is 2.81. The van der Waals surface area contributed by atoms with Crippen molar-refractivity contribution < 1.29 is 9.53 Å². The van der Waals surface area contributed by atoms with E-state index >= 15 is 0 Å². The monoisotopic (exact) mass is 302 g/mol. The van der Waals surface area contributed by atoms with Crippen LogP contribution in [-0.4, -0.2) is 51.9 Å². The Labute approximate surface area is 130 Å². The molecule has 118 valence electrons. The maximum Gasteiger partial charge on any atom is 0.254 e. The number of hydrogen-bond acceptors (Lipinski definition) is 4. The van der Waals surface area contributed by atoms with Crippen LogP contribution in [0.25, 0.3) is 11.0 Å². The van der Waals surface area contributed by atoms with Crippen molar-refractivity contribution in [3.05, 3.63) is 23.0 Å². The lowest BCUT2D eigenvalue weighted by Crippen LogP contribution is -2.40. The number of carbonyl (C=O) groups is 1. The molecule has 0 bridgehead atoms. The third kappa shape index (κ3) is 2.47. The summed E-state index contributed by atoms with van der Waals surface area (Å²) in [6, 6.07) is 1.93. The van der Waals surface area contributed by atoms with Crippen LogP contribution in [0.4, 0.5) is 0 Å².